The van der Waals surface area contributed by atoms with E-state index in [1.54, 1.807) is 49.3 Å². The lowest BCUT2D eigenvalue weighted by molar-refractivity contribution is -0.139. The van der Waals surface area contributed by atoms with Crippen LogP contribution in [0.4, 0.5) is 4.79 Å². The summed E-state index contributed by atoms with van der Waals surface area (Å²) in [6.45, 7) is 10.9. The van der Waals surface area contributed by atoms with Crippen molar-refractivity contribution in [3.8, 4) is 5.75 Å². The lowest BCUT2D eigenvalue weighted by Gasteiger charge is -2.38. The first-order chi connectivity index (χ1) is 19.4. The smallest absolute Gasteiger partial charge is 0.338 e. The number of carbonyl (C=O) groups is 3. The number of hydrogen-bond donors (Lipinski definition) is 1. The first-order valence-electron chi connectivity index (χ1n) is 13.7. The third-order valence-corrected chi connectivity index (χ3v) is 7.33. The van der Waals surface area contributed by atoms with Gasteiger partial charge in [-0.1, -0.05) is 30.3 Å². The van der Waals surface area contributed by atoms with Crippen LogP contribution in [0.2, 0.25) is 0 Å². The van der Waals surface area contributed by atoms with Crippen LogP contribution in [0.25, 0.3) is 0 Å². The fourth-order valence-electron chi connectivity index (χ4n) is 5.25. The van der Waals surface area contributed by atoms with Gasteiger partial charge in [0, 0.05) is 50.5 Å². The second kappa shape index (κ2) is 13.3. The highest BCUT2D eigenvalue weighted by Crippen LogP contribution is 2.33. The molecule has 0 saturated carbocycles. The van der Waals surface area contributed by atoms with E-state index in [0.717, 1.165) is 17.5 Å². The Morgan fingerprint density at radius 3 is 2.50 bits per heavy atom. The number of urea groups is 1. The van der Waals surface area contributed by atoms with Gasteiger partial charge in [0.2, 0.25) is 0 Å². The average Bonchev–Trinajstić information content (AvgIpc) is 3.20. The summed E-state index contributed by atoms with van der Waals surface area (Å²) >= 11 is 0. The standard InChI is InChI=1S/C31H38N4O5/c1-5-16-35-26(27(30(37)40-6-2)28(32-31(35)38)25-11-8-7-10-22(25)3)21-33-17-9-18-34(20-19-33)29(36)23-12-14-24(39-4)15-13-23/h5,7-8,10-15,28H,1,6,9,16-21H2,2-4H3,(H,32,38). The van der Waals surface area contributed by atoms with Gasteiger partial charge < -0.3 is 19.7 Å². The van der Waals surface area contributed by atoms with Crippen LogP contribution in [0.5, 0.6) is 5.75 Å². The van der Waals surface area contributed by atoms with E-state index >= 15 is 0 Å². The minimum Gasteiger partial charge on any atom is -0.497 e. The van der Waals surface area contributed by atoms with E-state index in [1.165, 1.54) is 0 Å². The molecule has 9 nitrogen and oxygen atoms in total. The molecule has 2 aromatic carbocycles. The lowest BCUT2D eigenvalue weighted by Crippen LogP contribution is -2.51. The molecule has 0 aliphatic carbocycles. The van der Waals surface area contributed by atoms with Crippen LogP contribution in [0, 0.1) is 6.92 Å². The fourth-order valence-corrected chi connectivity index (χ4v) is 5.25. The van der Waals surface area contributed by atoms with Gasteiger partial charge in [0.1, 0.15) is 5.75 Å². The van der Waals surface area contributed by atoms with Crippen molar-refractivity contribution >= 4 is 17.9 Å². The molecule has 1 N–H and O–H groups in total. The van der Waals surface area contributed by atoms with Gasteiger partial charge in [-0.15, -0.1) is 6.58 Å². The number of methoxy groups -OCH3 is 1. The number of nitrogens with zero attached hydrogens (tertiary/aromatic N) is 3. The van der Waals surface area contributed by atoms with Crippen molar-refractivity contribution in [3.05, 3.63) is 89.1 Å². The molecule has 0 spiro atoms. The first-order valence-corrected chi connectivity index (χ1v) is 13.7. The zero-order valence-electron chi connectivity index (χ0n) is 23.5. The van der Waals surface area contributed by atoms with Crippen molar-refractivity contribution in [2.24, 2.45) is 0 Å². The number of ether oxygens (including phenoxy) is 2. The molecule has 2 heterocycles. The Balaban J connectivity index is 1.63. The second-order valence-electron chi connectivity index (χ2n) is 9.87. The molecule has 1 unspecified atom stereocenters. The Labute approximate surface area is 236 Å². The van der Waals surface area contributed by atoms with Crippen LogP contribution in [0.1, 0.15) is 40.9 Å². The first kappa shape index (κ1) is 28.9. The number of nitrogens with one attached hydrogen (secondary N) is 1. The number of esters is 1. The highest BCUT2D eigenvalue weighted by atomic mass is 16.5. The van der Waals surface area contributed by atoms with E-state index in [1.807, 2.05) is 36.1 Å². The second-order valence-corrected chi connectivity index (χ2v) is 9.87. The maximum Gasteiger partial charge on any atom is 0.338 e. The largest absolute Gasteiger partial charge is 0.497 e. The van der Waals surface area contributed by atoms with Gasteiger partial charge in [-0.25, -0.2) is 9.59 Å². The maximum absolute atomic E-state index is 13.4. The molecule has 2 aliphatic rings. The zero-order valence-corrected chi connectivity index (χ0v) is 23.5. The number of amides is 3. The van der Waals surface area contributed by atoms with Crippen molar-refractivity contribution in [3.63, 3.8) is 0 Å². The third-order valence-electron chi connectivity index (χ3n) is 7.33. The van der Waals surface area contributed by atoms with Crippen LogP contribution in [0.3, 0.4) is 0 Å². The Hall–Kier alpha value is -4.11. The molecule has 2 aliphatic heterocycles. The summed E-state index contributed by atoms with van der Waals surface area (Å²) in [7, 11) is 1.60. The summed E-state index contributed by atoms with van der Waals surface area (Å²) in [6.07, 6.45) is 2.41. The molecule has 3 amide bonds. The lowest BCUT2D eigenvalue weighted by atomic mass is 9.91. The minimum absolute atomic E-state index is 0.0270. The van der Waals surface area contributed by atoms with Gasteiger partial charge in [-0.3, -0.25) is 14.6 Å². The Morgan fingerprint density at radius 2 is 1.82 bits per heavy atom. The Bertz CT molecular complexity index is 1270. The molecule has 0 radical (unpaired) electrons. The maximum atomic E-state index is 13.4. The number of hydrogen-bond acceptors (Lipinski definition) is 6. The van der Waals surface area contributed by atoms with Crippen molar-refractivity contribution in [2.75, 3.05) is 53.0 Å². The SMILES string of the molecule is C=CCN1C(=O)NC(c2ccccc2C)C(C(=O)OCC)=C1CN1CCCN(C(=O)c2ccc(OC)cc2)CC1. The zero-order chi connectivity index (χ0) is 28.6. The molecule has 0 bridgehead atoms. The predicted octanol–water partition coefficient (Wildman–Crippen LogP) is 3.92. The summed E-state index contributed by atoms with van der Waals surface area (Å²) in [6, 6.07) is 13.9. The van der Waals surface area contributed by atoms with Gasteiger partial charge in [0.25, 0.3) is 5.91 Å². The number of rotatable bonds is 9. The van der Waals surface area contributed by atoms with E-state index < -0.39 is 12.0 Å². The summed E-state index contributed by atoms with van der Waals surface area (Å²) in [5, 5.41) is 3.03. The van der Waals surface area contributed by atoms with Gasteiger partial charge in [0.05, 0.1) is 25.3 Å². The van der Waals surface area contributed by atoms with Gasteiger partial charge in [-0.2, -0.15) is 0 Å². The molecule has 2 aromatic rings. The molecule has 1 fully saturated rings. The van der Waals surface area contributed by atoms with E-state index in [0.29, 0.717) is 55.3 Å². The van der Waals surface area contributed by atoms with Crippen LogP contribution in [-0.4, -0.2) is 85.6 Å². The summed E-state index contributed by atoms with van der Waals surface area (Å²) in [4.78, 5) is 45.6. The van der Waals surface area contributed by atoms with Crippen molar-refractivity contribution in [1.29, 1.82) is 0 Å². The van der Waals surface area contributed by atoms with E-state index in [-0.39, 0.29) is 25.1 Å². The molecule has 1 atom stereocenters. The van der Waals surface area contributed by atoms with Gasteiger partial charge in [-0.05, 0) is 55.7 Å². The quantitative estimate of drug-likeness (QED) is 0.379. The van der Waals surface area contributed by atoms with E-state index in [4.69, 9.17) is 9.47 Å². The van der Waals surface area contributed by atoms with Crippen LogP contribution >= 0.6 is 0 Å². The fraction of sp³-hybridized carbons (Fsp3) is 0.387. The topological polar surface area (TPSA) is 91.4 Å². The Kier molecular flexibility index (Phi) is 9.60. The van der Waals surface area contributed by atoms with Crippen molar-refractivity contribution in [2.45, 2.75) is 26.3 Å². The minimum atomic E-state index is -0.635. The van der Waals surface area contributed by atoms with E-state index in [2.05, 4.69) is 16.8 Å². The molecule has 212 valence electrons. The summed E-state index contributed by atoms with van der Waals surface area (Å²) in [5.74, 6) is 0.223. The third kappa shape index (κ3) is 6.37. The van der Waals surface area contributed by atoms with E-state index in [9.17, 15) is 14.4 Å². The summed E-state index contributed by atoms with van der Waals surface area (Å²) in [5.41, 5.74) is 3.46. The van der Waals surface area contributed by atoms with Gasteiger partial charge >= 0.3 is 12.0 Å². The highest BCUT2D eigenvalue weighted by molar-refractivity contribution is 5.95. The van der Waals surface area contributed by atoms with Crippen LogP contribution in [-0.2, 0) is 9.53 Å². The Morgan fingerprint density at radius 1 is 1.07 bits per heavy atom. The molecule has 40 heavy (non-hydrogen) atoms. The van der Waals surface area contributed by atoms with Crippen LogP contribution in [0.15, 0.2) is 72.5 Å². The molecule has 0 aromatic heterocycles. The normalized spacial score (nSPS) is 18.2. The molecule has 1 saturated heterocycles. The molecule has 4 rings (SSSR count). The van der Waals surface area contributed by atoms with Crippen LogP contribution < -0.4 is 10.1 Å². The monoisotopic (exact) mass is 546 g/mol. The number of benzene rings is 2. The van der Waals surface area contributed by atoms with Gasteiger partial charge in [0.15, 0.2) is 0 Å². The molecular weight excluding hydrogens is 508 g/mol. The molecular formula is C31H38N4O5. The van der Waals surface area contributed by atoms with Crippen molar-refractivity contribution < 1.29 is 23.9 Å². The predicted molar refractivity (Wildman–Crippen MR) is 153 cm³/mol. The summed E-state index contributed by atoms with van der Waals surface area (Å²) < 4.78 is 10.7. The highest BCUT2D eigenvalue weighted by Gasteiger charge is 2.39. The number of carbonyl (C=O) groups excluding carboxylic acids is 3. The van der Waals surface area contributed by atoms with Crippen molar-refractivity contribution in [1.82, 2.24) is 20.0 Å². The average molecular weight is 547 g/mol. The molecule has 9 heteroatoms. The number of aryl methyl sites for hydroxylation is 1.